The van der Waals surface area contributed by atoms with Gasteiger partial charge < -0.3 is 5.21 Å². The molecular formula is C8H7F4NO. The van der Waals surface area contributed by atoms with Crippen LogP contribution < -0.4 is 5.48 Å². The Morgan fingerprint density at radius 3 is 2.36 bits per heavy atom. The van der Waals surface area contributed by atoms with Crippen LogP contribution in [0.25, 0.3) is 0 Å². The molecule has 14 heavy (non-hydrogen) atoms. The number of hydrogen-bond donors (Lipinski definition) is 2. The highest BCUT2D eigenvalue weighted by molar-refractivity contribution is 5.26. The highest BCUT2D eigenvalue weighted by Crippen LogP contribution is 2.30. The van der Waals surface area contributed by atoms with E-state index < -0.39 is 17.6 Å². The molecule has 0 aliphatic rings. The first-order valence-corrected chi connectivity index (χ1v) is 3.67. The van der Waals surface area contributed by atoms with E-state index in [1.165, 1.54) is 0 Å². The minimum Gasteiger partial charge on any atom is -0.316 e. The van der Waals surface area contributed by atoms with Crippen molar-refractivity contribution in [3.63, 3.8) is 0 Å². The zero-order valence-corrected chi connectivity index (χ0v) is 6.90. The van der Waals surface area contributed by atoms with E-state index in [-0.39, 0.29) is 12.1 Å². The summed E-state index contributed by atoms with van der Waals surface area (Å²) in [5, 5.41) is 8.23. The first-order valence-electron chi connectivity index (χ1n) is 3.67. The number of rotatable bonds is 2. The van der Waals surface area contributed by atoms with Crippen molar-refractivity contribution < 1.29 is 22.8 Å². The standard InChI is InChI=1S/C8H7F4NO/c9-7-3-6(8(10,11)12)2-1-5(7)4-13-14/h1-3,13-14H,4H2. The highest BCUT2D eigenvalue weighted by atomic mass is 19.4. The summed E-state index contributed by atoms with van der Waals surface area (Å²) in [5.41, 5.74) is 0.590. The number of hydrogen-bond acceptors (Lipinski definition) is 2. The molecule has 0 atom stereocenters. The van der Waals surface area contributed by atoms with Crippen LogP contribution in [0.5, 0.6) is 0 Å². The molecule has 0 amide bonds. The normalized spacial score (nSPS) is 11.8. The number of benzene rings is 1. The Hall–Kier alpha value is -1.14. The van der Waals surface area contributed by atoms with Gasteiger partial charge in [0.1, 0.15) is 5.82 Å². The molecule has 0 aliphatic carbocycles. The molecule has 0 spiro atoms. The minimum atomic E-state index is -4.55. The van der Waals surface area contributed by atoms with E-state index in [9.17, 15) is 17.6 Å². The summed E-state index contributed by atoms with van der Waals surface area (Å²) in [6, 6.07) is 2.13. The van der Waals surface area contributed by atoms with Crippen molar-refractivity contribution in [2.45, 2.75) is 12.7 Å². The summed E-state index contributed by atoms with van der Waals surface area (Å²) in [5.74, 6) is -0.999. The van der Waals surface area contributed by atoms with Crippen molar-refractivity contribution in [1.82, 2.24) is 5.48 Å². The maximum Gasteiger partial charge on any atom is 0.416 e. The molecule has 0 bridgehead atoms. The van der Waals surface area contributed by atoms with E-state index >= 15 is 0 Å². The maximum absolute atomic E-state index is 12.9. The summed E-state index contributed by atoms with van der Waals surface area (Å²) in [7, 11) is 0. The van der Waals surface area contributed by atoms with Gasteiger partial charge in [-0.1, -0.05) is 6.07 Å². The Morgan fingerprint density at radius 1 is 1.29 bits per heavy atom. The molecule has 6 heteroatoms. The molecule has 1 aromatic rings. The Morgan fingerprint density at radius 2 is 1.93 bits per heavy atom. The largest absolute Gasteiger partial charge is 0.416 e. The van der Waals surface area contributed by atoms with Crippen molar-refractivity contribution in [3.05, 3.63) is 35.1 Å². The average molecular weight is 209 g/mol. The van der Waals surface area contributed by atoms with Gasteiger partial charge in [-0.2, -0.15) is 13.2 Å². The second-order valence-corrected chi connectivity index (χ2v) is 2.64. The van der Waals surface area contributed by atoms with Crippen LogP contribution in [0.3, 0.4) is 0 Å². The summed E-state index contributed by atoms with van der Waals surface area (Å²) in [4.78, 5) is 0. The molecule has 78 valence electrons. The minimum absolute atomic E-state index is 0.0273. The van der Waals surface area contributed by atoms with Crippen LogP contribution in [-0.2, 0) is 12.7 Å². The van der Waals surface area contributed by atoms with Gasteiger partial charge in [0.05, 0.1) is 5.56 Å². The lowest BCUT2D eigenvalue weighted by atomic mass is 10.1. The van der Waals surface area contributed by atoms with Crippen LogP contribution in [-0.4, -0.2) is 5.21 Å². The Balaban J connectivity index is 3.01. The van der Waals surface area contributed by atoms with E-state index in [1.54, 1.807) is 5.48 Å². The van der Waals surface area contributed by atoms with Crippen LogP contribution >= 0.6 is 0 Å². The fourth-order valence-electron chi connectivity index (χ4n) is 0.952. The van der Waals surface area contributed by atoms with E-state index in [0.29, 0.717) is 6.07 Å². The lowest BCUT2D eigenvalue weighted by molar-refractivity contribution is -0.137. The zero-order valence-electron chi connectivity index (χ0n) is 6.90. The van der Waals surface area contributed by atoms with Gasteiger partial charge in [0.2, 0.25) is 0 Å². The topological polar surface area (TPSA) is 32.3 Å². The van der Waals surface area contributed by atoms with Crippen molar-refractivity contribution in [3.8, 4) is 0 Å². The van der Waals surface area contributed by atoms with Crippen LogP contribution in [0.1, 0.15) is 11.1 Å². The number of nitrogens with one attached hydrogen (secondary N) is 1. The Labute approximate surface area is 77.1 Å². The smallest absolute Gasteiger partial charge is 0.316 e. The fraction of sp³-hybridized carbons (Fsp3) is 0.250. The molecular weight excluding hydrogens is 202 g/mol. The molecule has 0 unspecified atom stereocenters. The molecule has 2 N–H and O–H groups in total. The van der Waals surface area contributed by atoms with Gasteiger partial charge in [0.25, 0.3) is 0 Å². The van der Waals surface area contributed by atoms with Gasteiger partial charge in [0.15, 0.2) is 0 Å². The second-order valence-electron chi connectivity index (χ2n) is 2.64. The van der Waals surface area contributed by atoms with Crippen LogP contribution in [0, 0.1) is 5.82 Å². The highest BCUT2D eigenvalue weighted by Gasteiger charge is 2.30. The number of alkyl halides is 3. The summed E-state index contributed by atoms with van der Waals surface area (Å²) >= 11 is 0. The third-order valence-electron chi connectivity index (χ3n) is 1.65. The predicted molar refractivity (Wildman–Crippen MR) is 40.0 cm³/mol. The van der Waals surface area contributed by atoms with Crippen LogP contribution in [0.4, 0.5) is 17.6 Å². The monoisotopic (exact) mass is 209 g/mol. The predicted octanol–water partition coefficient (Wildman–Crippen LogP) is 2.32. The molecule has 2 nitrogen and oxygen atoms in total. The van der Waals surface area contributed by atoms with Gasteiger partial charge in [0, 0.05) is 12.1 Å². The van der Waals surface area contributed by atoms with Gasteiger partial charge in [-0.25, -0.2) is 9.87 Å². The van der Waals surface area contributed by atoms with Crippen molar-refractivity contribution >= 4 is 0 Å². The second kappa shape index (κ2) is 3.93. The number of hydroxylamine groups is 1. The van der Waals surface area contributed by atoms with Crippen LogP contribution in [0.2, 0.25) is 0 Å². The zero-order chi connectivity index (χ0) is 10.8. The quantitative estimate of drug-likeness (QED) is 0.578. The molecule has 0 saturated heterocycles. The Kier molecular flexibility index (Phi) is 3.07. The number of halogens is 4. The average Bonchev–Trinajstić information content (AvgIpc) is 2.07. The van der Waals surface area contributed by atoms with E-state index in [4.69, 9.17) is 5.21 Å². The van der Waals surface area contributed by atoms with Gasteiger partial charge in [-0.15, -0.1) is 0 Å². The van der Waals surface area contributed by atoms with Gasteiger partial charge in [-0.05, 0) is 12.1 Å². The lowest BCUT2D eigenvalue weighted by Crippen LogP contribution is -2.10. The molecule has 0 heterocycles. The Bertz CT molecular complexity index is 324. The molecule has 0 fully saturated rings. The fourth-order valence-corrected chi connectivity index (χ4v) is 0.952. The van der Waals surface area contributed by atoms with E-state index in [1.807, 2.05) is 0 Å². The van der Waals surface area contributed by atoms with E-state index in [0.717, 1.165) is 12.1 Å². The summed E-state index contributed by atoms with van der Waals surface area (Å²) < 4.78 is 49.1. The van der Waals surface area contributed by atoms with Gasteiger partial charge in [-0.3, -0.25) is 0 Å². The SMILES string of the molecule is ONCc1ccc(C(F)(F)F)cc1F. The summed E-state index contributed by atoms with van der Waals surface area (Å²) in [6.45, 7) is -0.232. The van der Waals surface area contributed by atoms with Crippen LogP contribution in [0.15, 0.2) is 18.2 Å². The molecule has 0 radical (unpaired) electrons. The molecule has 0 aromatic heterocycles. The molecule has 1 rings (SSSR count). The third kappa shape index (κ3) is 2.43. The van der Waals surface area contributed by atoms with E-state index in [2.05, 4.69) is 0 Å². The lowest BCUT2D eigenvalue weighted by Gasteiger charge is -2.08. The first-order chi connectivity index (χ1) is 6.45. The molecule has 0 saturated carbocycles. The molecule has 1 aromatic carbocycles. The summed E-state index contributed by atoms with van der Waals surface area (Å²) in [6.07, 6.45) is -4.55. The van der Waals surface area contributed by atoms with Crippen molar-refractivity contribution in [1.29, 1.82) is 0 Å². The van der Waals surface area contributed by atoms with Crippen molar-refractivity contribution in [2.75, 3.05) is 0 Å². The first kappa shape index (κ1) is 10.9. The van der Waals surface area contributed by atoms with Gasteiger partial charge >= 0.3 is 6.18 Å². The van der Waals surface area contributed by atoms with Crippen molar-refractivity contribution in [2.24, 2.45) is 0 Å². The third-order valence-corrected chi connectivity index (χ3v) is 1.65. The molecule has 0 aliphatic heterocycles. The maximum atomic E-state index is 12.9.